The van der Waals surface area contributed by atoms with Crippen LogP contribution in [0.15, 0.2) is 40.3 Å². The van der Waals surface area contributed by atoms with E-state index in [0.29, 0.717) is 6.54 Å². The fourth-order valence-electron chi connectivity index (χ4n) is 1.72. The number of hydrogen-bond acceptors (Lipinski definition) is 4. The van der Waals surface area contributed by atoms with Crippen LogP contribution in [-0.4, -0.2) is 34.1 Å². The lowest BCUT2D eigenvalue weighted by atomic mass is 10.3. The lowest BCUT2D eigenvalue weighted by molar-refractivity contribution is -0.119. The number of amides is 1. The minimum absolute atomic E-state index is 0.0117. The zero-order chi connectivity index (χ0) is 13.0. The first-order chi connectivity index (χ1) is 8.62. The van der Waals surface area contributed by atoms with E-state index in [9.17, 15) is 4.79 Å². The molecule has 4 nitrogen and oxygen atoms in total. The number of rotatable bonds is 3. The molecule has 1 heterocycles. The van der Waals surface area contributed by atoms with Gasteiger partial charge in [-0.1, -0.05) is 18.2 Å². The largest absolute Gasteiger partial charge is 0.328 e. The molecule has 1 saturated heterocycles. The van der Waals surface area contributed by atoms with Crippen molar-refractivity contribution in [3.8, 4) is 0 Å². The molecule has 0 aliphatic carbocycles. The summed E-state index contributed by atoms with van der Waals surface area (Å²) in [6.45, 7) is 4.63. The monoisotopic (exact) mass is 261 g/mol. The average molecular weight is 261 g/mol. The van der Waals surface area contributed by atoms with E-state index in [1.54, 1.807) is 16.7 Å². The van der Waals surface area contributed by atoms with Crippen molar-refractivity contribution in [3.05, 3.63) is 30.3 Å². The van der Waals surface area contributed by atoms with E-state index >= 15 is 0 Å². The Kier molecular flexibility index (Phi) is 3.84. The summed E-state index contributed by atoms with van der Waals surface area (Å²) in [5.74, 6) is 0. The van der Waals surface area contributed by atoms with E-state index in [4.69, 9.17) is 0 Å². The predicted molar refractivity (Wildman–Crippen MR) is 74.2 cm³/mol. The molecule has 0 saturated carbocycles. The Labute approximate surface area is 111 Å². The normalized spacial score (nSPS) is 21.2. The Bertz CT molecular complexity index is 480. The molecule has 5 heteroatoms. The summed E-state index contributed by atoms with van der Waals surface area (Å²) < 4.78 is 0. The van der Waals surface area contributed by atoms with Crippen molar-refractivity contribution in [2.75, 3.05) is 6.54 Å². The lowest BCUT2D eigenvalue weighted by Gasteiger charge is -2.25. The Morgan fingerprint density at radius 2 is 2.17 bits per heavy atom. The summed E-state index contributed by atoms with van der Waals surface area (Å²) in [5, 5.41) is 0.0117. The zero-order valence-corrected chi connectivity index (χ0v) is 11.2. The molecular weight excluding hydrogens is 246 g/mol. The van der Waals surface area contributed by atoms with E-state index in [0.717, 1.165) is 12.1 Å². The molecule has 0 unspecified atom stereocenters. The average Bonchev–Trinajstić information content (AvgIpc) is 2.65. The Morgan fingerprint density at radius 3 is 2.78 bits per heavy atom. The summed E-state index contributed by atoms with van der Waals surface area (Å²) >= 11 is 1.64. The number of carbonyl (C=O) groups excluding carboxylic acids is 1. The van der Waals surface area contributed by atoms with Crippen molar-refractivity contribution in [1.29, 1.82) is 0 Å². The summed E-state index contributed by atoms with van der Waals surface area (Å²) in [7, 11) is 0. The Hall–Kier alpha value is -1.58. The predicted octanol–water partition coefficient (Wildman–Crippen LogP) is 2.76. The summed E-state index contributed by atoms with van der Waals surface area (Å²) in [6.07, 6.45) is 0.872. The van der Waals surface area contributed by atoms with Gasteiger partial charge in [0.25, 0.3) is 0 Å². The molecule has 94 valence electrons. The van der Waals surface area contributed by atoms with E-state index in [-0.39, 0.29) is 10.2 Å². The van der Waals surface area contributed by atoms with Crippen molar-refractivity contribution in [3.63, 3.8) is 0 Å². The third kappa shape index (κ3) is 3.00. The van der Waals surface area contributed by atoms with E-state index in [2.05, 4.69) is 16.0 Å². The topological polar surface area (TPSA) is 45.0 Å². The van der Waals surface area contributed by atoms with Gasteiger partial charge in [0, 0.05) is 0 Å². The molecule has 0 radical (unpaired) electrons. The van der Waals surface area contributed by atoms with Crippen LogP contribution in [0, 0.1) is 0 Å². The number of carbonyl (C=O) groups is 1. The van der Waals surface area contributed by atoms with Crippen molar-refractivity contribution < 1.29 is 4.79 Å². The van der Waals surface area contributed by atoms with Crippen LogP contribution in [0.3, 0.4) is 0 Å². The maximum Gasteiger partial charge on any atom is 0.210 e. The van der Waals surface area contributed by atoms with Crippen LogP contribution in [-0.2, 0) is 4.79 Å². The molecule has 18 heavy (non-hydrogen) atoms. The third-order valence-electron chi connectivity index (χ3n) is 2.73. The molecule has 0 bridgehead atoms. The highest BCUT2D eigenvalue weighted by molar-refractivity contribution is 8.01. The third-order valence-corrected chi connectivity index (χ3v) is 4.07. The van der Waals surface area contributed by atoms with Crippen LogP contribution in [0.25, 0.3) is 0 Å². The number of hydrogen-bond donors (Lipinski definition) is 0. The van der Waals surface area contributed by atoms with E-state index < -0.39 is 0 Å². The van der Waals surface area contributed by atoms with Crippen molar-refractivity contribution >= 4 is 29.9 Å². The minimum atomic E-state index is -0.204. The molecule has 1 aliphatic rings. The SMILES string of the molecule is CC1(C)S[C@@H](N=C=Nc2ccccc2)CN1C=O. The minimum Gasteiger partial charge on any atom is -0.328 e. The van der Waals surface area contributed by atoms with Crippen molar-refractivity contribution in [1.82, 2.24) is 4.90 Å². The van der Waals surface area contributed by atoms with Crippen molar-refractivity contribution in [2.45, 2.75) is 24.1 Å². The van der Waals surface area contributed by atoms with Gasteiger partial charge in [-0.25, -0.2) is 4.99 Å². The molecule has 2 rings (SSSR count). The highest BCUT2D eigenvalue weighted by Crippen LogP contribution is 2.39. The first-order valence-corrected chi connectivity index (χ1v) is 6.60. The van der Waals surface area contributed by atoms with Gasteiger partial charge in [0.05, 0.1) is 23.1 Å². The van der Waals surface area contributed by atoms with Gasteiger partial charge in [-0.2, -0.15) is 4.99 Å². The molecule has 0 spiro atoms. The molecule has 1 aromatic rings. The van der Waals surface area contributed by atoms with Gasteiger partial charge in [-0.05, 0) is 26.0 Å². The van der Waals surface area contributed by atoms with Crippen molar-refractivity contribution in [2.24, 2.45) is 9.98 Å². The quantitative estimate of drug-likeness (QED) is 0.620. The molecule has 0 aromatic heterocycles. The maximum atomic E-state index is 10.9. The van der Waals surface area contributed by atoms with Gasteiger partial charge in [-0.3, -0.25) is 4.79 Å². The van der Waals surface area contributed by atoms with Gasteiger partial charge >= 0.3 is 0 Å². The molecule has 1 aliphatic heterocycles. The lowest BCUT2D eigenvalue weighted by Crippen LogP contribution is -2.35. The number of nitrogens with zero attached hydrogens (tertiary/aromatic N) is 3. The number of aliphatic imine (C=N–C) groups is 2. The van der Waals surface area contributed by atoms with Crippen LogP contribution < -0.4 is 0 Å². The van der Waals surface area contributed by atoms with Crippen LogP contribution in [0.4, 0.5) is 5.69 Å². The maximum absolute atomic E-state index is 10.9. The fraction of sp³-hybridized carbons (Fsp3) is 0.385. The van der Waals surface area contributed by atoms with Crippen LogP contribution in [0.1, 0.15) is 13.8 Å². The molecule has 1 atom stereocenters. The Balaban J connectivity index is 2.03. The smallest absolute Gasteiger partial charge is 0.210 e. The number of benzene rings is 1. The highest BCUT2D eigenvalue weighted by atomic mass is 32.2. The number of thioether (sulfide) groups is 1. The zero-order valence-electron chi connectivity index (χ0n) is 10.4. The summed E-state index contributed by atoms with van der Waals surface area (Å²) in [6, 6.07) is 12.3. The molecule has 1 amide bonds. The summed E-state index contributed by atoms with van der Waals surface area (Å²) in [4.78, 5) is 20.8. The van der Waals surface area contributed by atoms with Crippen LogP contribution in [0.5, 0.6) is 0 Å². The first-order valence-electron chi connectivity index (χ1n) is 5.72. The Morgan fingerprint density at radius 1 is 1.44 bits per heavy atom. The van der Waals surface area contributed by atoms with Gasteiger partial charge in [-0.15, -0.1) is 11.8 Å². The molecule has 1 fully saturated rings. The van der Waals surface area contributed by atoms with Gasteiger partial charge < -0.3 is 4.90 Å². The van der Waals surface area contributed by atoms with E-state index in [1.165, 1.54) is 0 Å². The van der Waals surface area contributed by atoms with Gasteiger partial charge in [0.1, 0.15) is 5.37 Å². The van der Waals surface area contributed by atoms with Gasteiger partial charge in [0.2, 0.25) is 6.41 Å². The van der Waals surface area contributed by atoms with Crippen LogP contribution >= 0.6 is 11.8 Å². The number of para-hydroxylation sites is 1. The standard InChI is InChI=1S/C13H15N3OS/c1-13(2)16(10-17)8-12(18-13)15-9-14-11-6-4-3-5-7-11/h3-7,10,12H,8H2,1-2H3/t12-/m1/s1. The fourth-order valence-corrected chi connectivity index (χ4v) is 2.97. The highest BCUT2D eigenvalue weighted by Gasteiger charge is 2.38. The first kappa shape index (κ1) is 12.9. The second-order valence-corrected chi connectivity index (χ2v) is 6.23. The summed E-state index contributed by atoms with van der Waals surface area (Å²) in [5.41, 5.74) is 0.829. The van der Waals surface area contributed by atoms with E-state index in [1.807, 2.05) is 44.2 Å². The molecule has 0 N–H and O–H groups in total. The van der Waals surface area contributed by atoms with Crippen LogP contribution in [0.2, 0.25) is 0 Å². The van der Waals surface area contributed by atoms with Gasteiger partial charge in [0.15, 0.2) is 0 Å². The second kappa shape index (κ2) is 5.38. The molecular formula is C13H15N3OS. The molecule has 1 aromatic carbocycles. The second-order valence-electron chi connectivity index (χ2n) is 4.45.